The Labute approximate surface area is 119 Å². The summed E-state index contributed by atoms with van der Waals surface area (Å²) in [5.41, 5.74) is 0.612. The lowest BCUT2D eigenvalue weighted by molar-refractivity contribution is 0.0951. The zero-order chi connectivity index (χ0) is 14.1. The molecule has 0 saturated carbocycles. The van der Waals surface area contributed by atoms with Crippen molar-refractivity contribution in [3.05, 3.63) is 29.8 Å². The second-order valence-corrected chi connectivity index (χ2v) is 4.67. The zero-order valence-electron chi connectivity index (χ0n) is 11.3. The van der Waals surface area contributed by atoms with Crippen LogP contribution in [0.2, 0.25) is 0 Å². The molecule has 0 saturated heterocycles. The summed E-state index contributed by atoms with van der Waals surface area (Å²) in [6, 6.07) is 7.06. The molecule has 0 radical (unpaired) electrons. The fourth-order valence-corrected chi connectivity index (χ4v) is 1.81. The maximum absolute atomic E-state index is 11.8. The monoisotopic (exact) mass is 285 g/mol. The van der Waals surface area contributed by atoms with Gasteiger partial charge in [-0.15, -0.1) is 11.6 Å². The number of ether oxygens (including phenoxy) is 2. The first-order valence-corrected chi connectivity index (χ1v) is 6.75. The molecule has 0 aliphatic heterocycles. The minimum atomic E-state index is -0.107. The van der Waals surface area contributed by atoms with Crippen molar-refractivity contribution in [3.63, 3.8) is 0 Å². The number of alkyl halides is 1. The number of halogens is 1. The predicted octanol–water partition coefficient (Wildman–Crippen LogP) is 2.46. The summed E-state index contributed by atoms with van der Waals surface area (Å²) >= 11 is 5.97. The minimum Gasteiger partial charge on any atom is -0.494 e. The van der Waals surface area contributed by atoms with Crippen molar-refractivity contribution in [2.75, 3.05) is 26.9 Å². The van der Waals surface area contributed by atoms with E-state index in [9.17, 15) is 4.79 Å². The van der Waals surface area contributed by atoms with Gasteiger partial charge in [-0.05, 0) is 37.6 Å². The number of carbonyl (C=O) groups excluding carboxylic acids is 1. The molecular formula is C14H20ClNO3. The summed E-state index contributed by atoms with van der Waals surface area (Å²) in [4.78, 5) is 11.8. The molecule has 1 amide bonds. The van der Waals surface area contributed by atoms with Gasteiger partial charge >= 0.3 is 0 Å². The second-order valence-electron chi connectivity index (χ2n) is 4.05. The lowest BCUT2D eigenvalue weighted by Gasteiger charge is -2.09. The highest BCUT2D eigenvalue weighted by Crippen LogP contribution is 2.12. The van der Waals surface area contributed by atoms with Gasteiger partial charge in [0, 0.05) is 19.2 Å². The molecule has 0 spiro atoms. The number of hydrogen-bond acceptors (Lipinski definition) is 3. The van der Waals surface area contributed by atoms with Crippen LogP contribution in [0.5, 0.6) is 5.75 Å². The van der Waals surface area contributed by atoms with Gasteiger partial charge in [0.25, 0.3) is 5.91 Å². The molecule has 1 N–H and O–H groups in total. The zero-order valence-corrected chi connectivity index (χ0v) is 12.1. The van der Waals surface area contributed by atoms with Crippen LogP contribution in [0.25, 0.3) is 0 Å². The molecule has 1 unspecified atom stereocenters. The minimum absolute atomic E-state index is 0.0781. The summed E-state index contributed by atoms with van der Waals surface area (Å²) in [5, 5.41) is 2.74. The van der Waals surface area contributed by atoms with Crippen LogP contribution < -0.4 is 10.1 Å². The molecule has 0 bridgehead atoms. The summed E-state index contributed by atoms with van der Waals surface area (Å²) < 4.78 is 10.2. The molecule has 1 atom stereocenters. The SMILES string of the molecule is CCOc1ccc(C(=O)NCCC(Cl)COC)cc1. The van der Waals surface area contributed by atoms with E-state index < -0.39 is 0 Å². The van der Waals surface area contributed by atoms with Crippen molar-refractivity contribution < 1.29 is 14.3 Å². The smallest absolute Gasteiger partial charge is 0.251 e. The van der Waals surface area contributed by atoms with E-state index in [1.54, 1.807) is 31.4 Å². The molecule has 4 nitrogen and oxygen atoms in total. The van der Waals surface area contributed by atoms with Crippen LogP contribution in [-0.2, 0) is 4.74 Å². The average molecular weight is 286 g/mol. The van der Waals surface area contributed by atoms with Crippen molar-refractivity contribution in [2.24, 2.45) is 0 Å². The van der Waals surface area contributed by atoms with E-state index in [2.05, 4.69) is 5.32 Å². The molecule has 0 aliphatic rings. The van der Waals surface area contributed by atoms with Gasteiger partial charge in [-0.25, -0.2) is 0 Å². The Morgan fingerprint density at radius 3 is 2.63 bits per heavy atom. The Hall–Kier alpha value is -1.26. The van der Waals surface area contributed by atoms with E-state index in [1.807, 2.05) is 6.92 Å². The Morgan fingerprint density at radius 2 is 2.05 bits per heavy atom. The van der Waals surface area contributed by atoms with E-state index >= 15 is 0 Å². The fourth-order valence-electron chi connectivity index (χ4n) is 1.58. The molecule has 1 aromatic carbocycles. The van der Waals surface area contributed by atoms with Crippen LogP contribution in [-0.4, -0.2) is 38.2 Å². The molecule has 5 heteroatoms. The van der Waals surface area contributed by atoms with E-state index in [0.29, 0.717) is 31.7 Å². The Balaban J connectivity index is 2.36. The topological polar surface area (TPSA) is 47.6 Å². The summed E-state index contributed by atoms with van der Waals surface area (Å²) in [7, 11) is 1.61. The molecule has 0 heterocycles. The highest BCUT2D eigenvalue weighted by molar-refractivity contribution is 6.20. The number of nitrogens with one attached hydrogen (secondary N) is 1. The van der Waals surface area contributed by atoms with Gasteiger partial charge in [-0.3, -0.25) is 4.79 Å². The third-order valence-electron chi connectivity index (χ3n) is 2.52. The normalized spacial score (nSPS) is 11.9. The van der Waals surface area contributed by atoms with Crippen LogP contribution in [0.15, 0.2) is 24.3 Å². The van der Waals surface area contributed by atoms with E-state index in [0.717, 1.165) is 5.75 Å². The third kappa shape index (κ3) is 5.94. The molecule has 0 aromatic heterocycles. The van der Waals surface area contributed by atoms with Crippen LogP contribution in [0, 0.1) is 0 Å². The molecular weight excluding hydrogens is 266 g/mol. The van der Waals surface area contributed by atoms with Crippen LogP contribution in [0.1, 0.15) is 23.7 Å². The van der Waals surface area contributed by atoms with Crippen LogP contribution in [0.4, 0.5) is 0 Å². The van der Waals surface area contributed by atoms with Gasteiger partial charge < -0.3 is 14.8 Å². The van der Waals surface area contributed by atoms with Gasteiger partial charge in [0.05, 0.1) is 18.6 Å². The summed E-state index contributed by atoms with van der Waals surface area (Å²) in [6.07, 6.45) is 0.679. The highest BCUT2D eigenvalue weighted by Gasteiger charge is 2.07. The number of rotatable bonds is 8. The quantitative estimate of drug-likeness (QED) is 0.747. The average Bonchev–Trinajstić information content (AvgIpc) is 2.40. The molecule has 0 fully saturated rings. The number of carbonyl (C=O) groups is 1. The Bertz CT molecular complexity index is 381. The van der Waals surface area contributed by atoms with Gasteiger partial charge in [0.1, 0.15) is 5.75 Å². The maximum Gasteiger partial charge on any atom is 0.251 e. The standard InChI is InChI=1S/C14H20ClNO3/c1-3-19-13-6-4-11(5-7-13)14(17)16-9-8-12(15)10-18-2/h4-7,12H,3,8-10H2,1-2H3,(H,16,17). The first-order chi connectivity index (χ1) is 9.17. The third-order valence-corrected chi connectivity index (χ3v) is 2.86. The van der Waals surface area contributed by atoms with Crippen molar-refractivity contribution >= 4 is 17.5 Å². The van der Waals surface area contributed by atoms with Crippen molar-refractivity contribution in [1.82, 2.24) is 5.32 Å². The number of amides is 1. The van der Waals surface area contributed by atoms with Gasteiger partial charge in [-0.2, -0.15) is 0 Å². The molecule has 1 aromatic rings. The van der Waals surface area contributed by atoms with Crippen molar-refractivity contribution in [2.45, 2.75) is 18.7 Å². The Kier molecular flexibility index (Phi) is 7.30. The maximum atomic E-state index is 11.8. The number of benzene rings is 1. The van der Waals surface area contributed by atoms with Gasteiger partial charge in [0.2, 0.25) is 0 Å². The van der Waals surface area contributed by atoms with E-state index in [-0.39, 0.29) is 11.3 Å². The molecule has 19 heavy (non-hydrogen) atoms. The largest absolute Gasteiger partial charge is 0.494 e. The first kappa shape index (κ1) is 15.8. The van der Waals surface area contributed by atoms with Crippen LogP contribution >= 0.6 is 11.6 Å². The number of hydrogen-bond donors (Lipinski definition) is 1. The first-order valence-electron chi connectivity index (χ1n) is 6.31. The highest BCUT2D eigenvalue weighted by atomic mass is 35.5. The van der Waals surface area contributed by atoms with E-state index in [1.165, 1.54) is 0 Å². The summed E-state index contributed by atoms with van der Waals surface area (Å²) in [5.74, 6) is 0.657. The lowest BCUT2D eigenvalue weighted by atomic mass is 10.2. The lowest BCUT2D eigenvalue weighted by Crippen LogP contribution is -2.26. The van der Waals surface area contributed by atoms with Crippen molar-refractivity contribution in [3.8, 4) is 5.75 Å². The van der Waals surface area contributed by atoms with Gasteiger partial charge in [0.15, 0.2) is 0 Å². The Morgan fingerprint density at radius 1 is 1.37 bits per heavy atom. The van der Waals surface area contributed by atoms with Crippen LogP contribution in [0.3, 0.4) is 0 Å². The van der Waals surface area contributed by atoms with Gasteiger partial charge in [-0.1, -0.05) is 0 Å². The molecule has 1 rings (SSSR count). The fraction of sp³-hybridized carbons (Fsp3) is 0.500. The summed E-state index contributed by atoms with van der Waals surface area (Å²) in [6.45, 7) is 3.55. The predicted molar refractivity (Wildman–Crippen MR) is 76.1 cm³/mol. The van der Waals surface area contributed by atoms with E-state index in [4.69, 9.17) is 21.1 Å². The second kappa shape index (κ2) is 8.77. The van der Waals surface area contributed by atoms with Crippen molar-refractivity contribution in [1.29, 1.82) is 0 Å². The number of methoxy groups -OCH3 is 1. The molecule has 0 aliphatic carbocycles. The molecule has 106 valence electrons.